The number of esters is 1. The molecule has 0 aliphatic carbocycles. The molecule has 0 bridgehead atoms. The molecule has 0 saturated carbocycles. The van der Waals surface area contributed by atoms with E-state index in [1.54, 1.807) is 7.11 Å². The van der Waals surface area contributed by atoms with E-state index in [-0.39, 0.29) is 5.97 Å². The second-order valence-corrected chi connectivity index (χ2v) is 3.01. The lowest BCUT2D eigenvalue weighted by atomic mass is 10.1. The van der Waals surface area contributed by atoms with Crippen LogP contribution in [0, 0.1) is 0 Å². The molecule has 14 heavy (non-hydrogen) atoms. The molecule has 1 aromatic rings. The molecule has 2 rings (SSSR count). The summed E-state index contributed by atoms with van der Waals surface area (Å²) in [6.07, 6.45) is 1.51. The van der Waals surface area contributed by atoms with Gasteiger partial charge in [0.1, 0.15) is 12.4 Å². The average Bonchev–Trinajstić information content (AvgIpc) is 2.65. The van der Waals surface area contributed by atoms with Crippen LogP contribution in [-0.2, 0) is 9.53 Å². The van der Waals surface area contributed by atoms with Crippen molar-refractivity contribution in [2.24, 2.45) is 0 Å². The number of hydrogen-bond donors (Lipinski definition) is 0. The van der Waals surface area contributed by atoms with Crippen LogP contribution in [0.3, 0.4) is 0 Å². The van der Waals surface area contributed by atoms with Crippen LogP contribution >= 0.6 is 0 Å². The molecule has 1 aliphatic heterocycles. The van der Waals surface area contributed by atoms with Gasteiger partial charge in [0.15, 0.2) is 0 Å². The van der Waals surface area contributed by atoms with Gasteiger partial charge in [-0.15, -0.1) is 0 Å². The van der Waals surface area contributed by atoms with Crippen LogP contribution in [0.2, 0.25) is 0 Å². The van der Waals surface area contributed by atoms with E-state index in [1.165, 1.54) is 6.08 Å². The first kappa shape index (κ1) is 8.81. The molecule has 0 saturated heterocycles. The van der Waals surface area contributed by atoms with Crippen LogP contribution in [0.4, 0.5) is 0 Å². The third kappa shape index (κ3) is 1.62. The van der Waals surface area contributed by atoms with Crippen LogP contribution in [0.5, 0.6) is 5.75 Å². The van der Waals surface area contributed by atoms with E-state index in [0.717, 1.165) is 16.9 Å². The van der Waals surface area contributed by atoms with E-state index < -0.39 is 0 Å². The van der Waals surface area contributed by atoms with Crippen molar-refractivity contribution < 1.29 is 14.3 Å². The molecule has 0 N–H and O–H groups in total. The molecule has 3 heteroatoms. The van der Waals surface area contributed by atoms with Crippen LogP contribution < -0.4 is 4.74 Å². The van der Waals surface area contributed by atoms with Gasteiger partial charge in [-0.25, -0.2) is 4.79 Å². The number of cyclic esters (lactones) is 1. The highest BCUT2D eigenvalue weighted by molar-refractivity contribution is 5.95. The molecule has 1 heterocycles. The summed E-state index contributed by atoms with van der Waals surface area (Å²) in [4.78, 5) is 10.9. The molecule has 0 radical (unpaired) electrons. The van der Waals surface area contributed by atoms with Gasteiger partial charge in [0.2, 0.25) is 0 Å². The molecule has 0 fully saturated rings. The Morgan fingerprint density at radius 2 is 2.29 bits per heavy atom. The van der Waals surface area contributed by atoms with Gasteiger partial charge in [0.05, 0.1) is 7.11 Å². The van der Waals surface area contributed by atoms with Crippen molar-refractivity contribution in [3.8, 4) is 5.75 Å². The Morgan fingerprint density at radius 3 is 2.93 bits per heavy atom. The Morgan fingerprint density at radius 1 is 1.43 bits per heavy atom. The maximum absolute atomic E-state index is 10.9. The quantitative estimate of drug-likeness (QED) is 0.665. The number of carbonyl (C=O) groups excluding carboxylic acids is 1. The molecule has 0 amide bonds. The standard InChI is InChI=1S/C11H10O3/c1-13-10-4-2-3-8(5-10)9-6-11(12)14-7-9/h2-6H,7H2,1H3. The topological polar surface area (TPSA) is 35.5 Å². The van der Waals surface area contributed by atoms with Gasteiger partial charge in [-0.2, -0.15) is 0 Å². The van der Waals surface area contributed by atoms with Gasteiger partial charge in [-0.1, -0.05) is 12.1 Å². The molecule has 3 nitrogen and oxygen atoms in total. The number of carbonyl (C=O) groups is 1. The first-order valence-electron chi connectivity index (χ1n) is 4.31. The van der Waals surface area contributed by atoms with Crippen LogP contribution in [0.15, 0.2) is 30.3 Å². The number of ether oxygens (including phenoxy) is 2. The number of benzene rings is 1. The second kappa shape index (κ2) is 3.54. The van der Waals surface area contributed by atoms with Crippen molar-refractivity contribution in [1.29, 1.82) is 0 Å². The Kier molecular flexibility index (Phi) is 2.23. The summed E-state index contributed by atoms with van der Waals surface area (Å²) in [7, 11) is 1.61. The molecule has 1 aliphatic rings. The van der Waals surface area contributed by atoms with E-state index >= 15 is 0 Å². The predicted molar refractivity (Wildman–Crippen MR) is 51.9 cm³/mol. The molecule has 0 spiro atoms. The first-order chi connectivity index (χ1) is 6.79. The first-order valence-corrected chi connectivity index (χ1v) is 4.31. The Balaban J connectivity index is 2.32. The highest BCUT2D eigenvalue weighted by Gasteiger charge is 2.14. The SMILES string of the molecule is COc1cccc(C2=CC(=O)OC2)c1. The van der Waals surface area contributed by atoms with Gasteiger partial charge in [0, 0.05) is 11.6 Å². The minimum Gasteiger partial charge on any atom is -0.497 e. The van der Waals surface area contributed by atoms with Crippen LogP contribution in [-0.4, -0.2) is 19.7 Å². The van der Waals surface area contributed by atoms with Crippen molar-refractivity contribution in [3.63, 3.8) is 0 Å². The lowest BCUT2D eigenvalue weighted by molar-refractivity contribution is -0.134. The van der Waals surface area contributed by atoms with Crippen molar-refractivity contribution in [3.05, 3.63) is 35.9 Å². The van der Waals surface area contributed by atoms with Crippen molar-refractivity contribution in [2.75, 3.05) is 13.7 Å². The zero-order chi connectivity index (χ0) is 9.97. The minimum absolute atomic E-state index is 0.275. The van der Waals surface area contributed by atoms with E-state index in [0.29, 0.717) is 6.61 Å². The Bertz CT molecular complexity index is 393. The third-order valence-electron chi connectivity index (χ3n) is 2.10. The summed E-state index contributed by atoms with van der Waals surface area (Å²) >= 11 is 0. The third-order valence-corrected chi connectivity index (χ3v) is 2.10. The summed E-state index contributed by atoms with van der Waals surface area (Å²) in [5, 5.41) is 0. The summed E-state index contributed by atoms with van der Waals surface area (Å²) < 4.78 is 9.91. The van der Waals surface area contributed by atoms with Crippen molar-refractivity contribution >= 4 is 11.5 Å². The Labute approximate surface area is 81.9 Å². The fraction of sp³-hybridized carbons (Fsp3) is 0.182. The van der Waals surface area contributed by atoms with Crippen LogP contribution in [0.25, 0.3) is 5.57 Å². The maximum atomic E-state index is 10.9. The van der Waals surface area contributed by atoms with Gasteiger partial charge >= 0.3 is 5.97 Å². The lowest BCUT2D eigenvalue weighted by Crippen LogP contribution is -1.92. The molecule has 0 aromatic heterocycles. The normalized spacial score (nSPS) is 14.9. The van der Waals surface area contributed by atoms with Crippen molar-refractivity contribution in [2.45, 2.75) is 0 Å². The lowest BCUT2D eigenvalue weighted by Gasteiger charge is -2.03. The largest absolute Gasteiger partial charge is 0.497 e. The minimum atomic E-state index is -0.275. The molecular weight excluding hydrogens is 180 g/mol. The smallest absolute Gasteiger partial charge is 0.331 e. The van der Waals surface area contributed by atoms with Gasteiger partial charge in [-0.05, 0) is 17.7 Å². The Hall–Kier alpha value is -1.77. The van der Waals surface area contributed by atoms with Gasteiger partial charge in [-0.3, -0.25) is 0 Å². The summed E-state index contributed by atoms with van der Waals surface area (Å²) in [5.41, 5.74) is 1.86. The second-order valence-electron chi connectivity index (χ2n) is 3.01. The predicted octanol–water partition coefficient (Wildman–Crippen LogP) is 1.64. The van der Waals surface area contributed by atoms with E-state index in [9.17, 15) is 4.79 Å². The van der Waals surface area contributed by atoms with Gasteiger partial charge < -0.3 is 9.47 Å². The number of methoxy groups -OCH3 is 1. The maximum Gasteiger partial charge on any atom is 0.331 e. The summed E-state index contributed by atoms with van der Waals surface area (Å²) in [6.45, 7) is 0.353. The summed E-state index contributed by atoms with van der Waals surface area (Å²) in [6, 6.07) is 7.56. The molecular formula is C11H10O3. The van der Waals surface area contributed by atoms with E-state index in [2.05, 4.69) is 0 Å². The number of rotatable bonds is 2. The van der Waals surface area contributed by atoms with Gasteiger partial charge in [0.25, 0.3) is 0 Å². The molecule has 1 aromatic carbocycles. The van der Waals surface area contributed by atoms with E-state index in [1.807, 2.05) is 24.3 Å². The summed E-state index contributed by atoms with van der Waals surface area (Å²) in [5.74, 6) is 0.505. The fourth-order valence-corrected chi connectivity index (χ4v) is 1.36. The molecule has 72 valence electrons. The average molecular weight is 190 g/mol. The highest BCUT2D eigenvalue weighted by Crippen LogP contribution is 2.23. The molecule has 0 unspecified atom stereocenters. The van der Waals surface area contributed by atoms with E-state index in [4.69, 9.17) is 9.47 Å². The monoisotopic (exact) mass is 190 g/mol. The number of hydrogen-bond acceptors (Lipinski definition) is 3. The fourth-order valence-electron chi connectivity index (χ4n) is 1.36. The zero-order valence-electron chi connectivity index (χ0n) is 7.82. The highest BCUT2D eigenvalue weighted by atomic mass is 16.5. The zero-order valence-corrected chi connectivity index (χ0v) is 7.82. The molecule has 0 atom stereocenters. The van der Waals surface area contributed by atoms with Crippen LogP contribution in [0.1, 0.15) is 5.56 Å². The van der Waals surface area contributed by atoms with Crippen molar-refractivity contribution in [1.82, 2.24) is 0 Å².